The Morgan fingerprint density at radius 3 is 3.07 bits per heavy atom. The van der Waals surface area contributed by atoms with Gasteiger partial charge in [-0.1, -0.05) is 17.8 Å². The number of aliphatic carboxylic acids is 1. The minimum atomic E-state index is -0.985. The van der Waals surface area contributed by atoms with Crippen molar-refractivity contribution < 1.29 is 9.90 Å². The number of aryl methyl sites for hydroxylation is 1. The Balaban J connectivity index is 2.58. The maximum absolute atomic E-state index is 11.0. The highest BCUT2D eigenvalue weighted by Gasteiger charge is 1.97. The van der Waals surface area contributed by atoms with Crippen LogP contribution in [0.2, 0.25) is 0 Å². The molecule has 0 spiro atoms. The minimum absolute atomic E-state index is 0.202. The molecule has 1 rings (SSSR count). The molecule has 15 heavy (non-hydrogen) atoms. The van der Waals surface area contributed by atoms with Crippen molar-refractivity contribution in [1.82, 2.24) is 9.97 Å². The Labute approximate surface area is 90.2 Å². The third kappa shape index (κ3) is 4.46. The number of nitrogens with one attached hydrogen (secondary N) is 1. The lowest BCUT2D eigenvalue weighted by atomic mass is 10.5. The Morgan fingerprint density at radius 2 is 2.47 bits per heavy atom. The fraction of sp³-hybridized carbons (Fsp3) is 0.222. The summed E-state index contributed by atoms with van der Waals surface area (Å²) in [5, 5.41) is 8.82. The summed E-state index contributed by atoms with van der Waals surface area (Å²) in [6.07, 6.45) is 2.55. The van der Waals surface area contributed by atoms with Crippen LogP contribution in [0.1, 0.15) is 5.69 Å². The fourth-order valence-electron chi connectivity index (χ4n) is 0.896. The number of carbonyl (C=O) groups is 1. The molecule has 0 atom stereocenters. The Hall–Kier alpha value is -1.56. The summed E-state index contributed by atoms with van der Waals surface area (Å²) in [5.74, 6) is -0.528. The quantitative estimate of drug-likeness (QED) is 0.451. The normalized spacial score (nSPS) is 10.7. The molecule has 1 aromatic rings. The van der Waals surface area contributed by atoms with Crippen LogP contribution in [0.3, 0.4) is 0 Å². The first-order valence-corrected chi connectivity index (χ1v) is 5.17. The number of carboxylic acids is 1. The first-order chi connectivity index (χ1) is 7.08. The van der Waals surface area contributed by atoms with Crippen LogP contribution in [-0.2, 0) is 4.79 Å². The predicted octanol–water partition coefficient (Wildman–Crippen LogP) is 0.811. The molecule has 0 unspecified atom stereocenters. The standard InChI is InChI=1S/C9H10N2O3S/c1-6-5-7(12)11-9(10-6)15-4-2-3-8(13)14/h2-3,5H,4H2,1H3,(H,13,14)(H,10,11,12). The number of thioether (sulfide) groups is 1. The molecule has 0 aromatic carbocycles. The van der Waals surface area contributed by atoms with E-state index in [0.717, 1.165) is 6.08 Å². The number of hydrogen-bond acceptors (Lipinski definition) is 4. The maximum Gasteiger partial charge on any atom is 0.328 e. The third-order valence-electron chi connectivity index (χ3n) is 1.42. The number of H-pyrrole nitrogens is 1. The van der Waals surface area contributed by atoms with Gasteiger partial charge in [-0.2, -0.15) is 0 Å². The number of aromatic nitrogens is 2. The maximum atomic E-state index is 11.0. The highest BCUT2D eigenvalue weighted by Crippen LogP contribution is 2.10. The van der Waals surface area contributed by atoms with E-state index in [1.165, 1.54) is 23.9 Å². The third-order valence-corrected chi connectivity index (χ3v) is 2.25. The van der Waals surface area contributed by atoms with Crippen LogP contribution in [0.25, 0.3) is 0 Å². The Bertz CT molecular complexity index is 439. The largest absolute Gasteiger partial charge is 0.478 e. The molecule has 0 aliphatic rings. The fourth-order valence-corrected chi connectivity index (χ4v) is 1.63. The van der Waals surface area contributed by atoms with Gasteiger partial charge in [0.25, 0.3) is 5.56 Å². The summed E-state index contributed by atoms with van der Waals surface area (Å²) in [6, 6.07) is 1.40. The highest BCUT2D eigenvalue weighted by molar-refractivity contribution is 7.99. The van der Waals surface area contributed by atoms with Gasteiger partial charge in [0.2, 0.25) is 0 Å². The van der Waals surface area contributed by atoms with E-state index in [1.807, 2.05) is 0 Å². The molecular formula is C9H10N2O3S. The average Bonchev–Trinajstić information content (AvgIpc) is 2.10. The number of carboxylic acid groups (broad SMARTS) is 1. The van der Waals surface area contributed by atoms with Gasteiger partial charge in [0, 0.05) is 23.6 Å². The molecule has 0 saturated carbocycles. The lowest BCUT2D eigenvalue weighted by Gasteiger charge is -1.97. The second-order valence-electron chi connectivity index (χ2n) is 2.74. The van der Waals surface area contributed by atoms with Crippen LogP contribution in [0, 0.1) is 6.92 Å². The molecule has 1 aromatic heterocycles. The molecule has 80 valence electrons. The second-order valence-corrected chi connectivity index (χ2v) is 3.75. The van der Waals surface area contributed by atoms with E-state index in [9.17, 15) is 9.59 Å². The van der Waals surface area contributed by atoms with E-state index in [4.69, 9.17) is 5.11 Å². The van der Waals surface area contributed by atoms with Gasteiger partial charge in [0.05, 0.1) is 0 Å². The van der Waals surface area contributed by atoms with Gasteiger partial charge in [-0.25, -0.2) is 9.78 Å². The second kappa shape index (κ2) is 5.35. The van der Waals surface area contributed by atoms with Gasteiger partial charge in [-0.3, -0.25) is 4.79 Å². The van der Waals surface area contributed by atoms with Crippen molar-refractivity contribution in [2.24, 2.45) is 0 Å². The van der Waals surface area contributed by atoms with Crippen molar-refractivity contribution >= 4 is 17.7 Å². The first-order valence-electron chi connectivity index (χ1n) is 4.18. The summed E-state index contributed by atoms with van der Waals surface area (Å²) >= 11 is 1.27. The van der Waals surface area contributed by atoms with E-state index in [-0.39, 0.29) is 5.56 Å². The van der Waals surface area contributed by atoms with Crippen molar-refractivity contribution in [3.63, 3.8) is 0 Å². The van der Waals surface area contributed by atoms with E-state index in [1.54, 1.807) is 6.92 Å². The van der Waals surface area contributed by atoms with Gasteiger partial charge in [-0.05, 0) is 6.92 Å². The van der Waals surface area contributed by atoms with E-state index >= 15 is 0 Å². The zero-order valence-electron chi connectivity index (χ0n) is 8.06. The van der Waals surface area contributed by atoms with Crippen molar-refractivity contribution in [3.8, 4) is 0 Å². The van der Waals surface area contributed by atoms with Gasteiger partial charge >= 0.3 is 5.97 Å². The summed E-state index contributed by atoms with van der Waals surface area (Å²) in [4.78, 5) is 27.8. The molecule has 5 nitrogen and oxygen atoms in total. The molecule has 0 fully saturated rings. The molecule has 0 aliphatic carbocycles. The topological polar surface area (TPSA) is 83.0 Å². The predicted molar refractivity (Wildman–Crippen MR) is 57.1 cm³/mol. The van der Waals surface area contributed by atoms with Crippen LogP contribution >= 0.6 is 11.8 Å². The molecule has 6 heteroatoms. The first kappa shape index (κ1) is 11.5. The molecular weight excluding hydrogens is 216 g/mol. The number of rotatable bonds is 4. The SMILES string of the molecule is Cc1cc(=O)[nH]c(SCC=CC(=O)O)n1. The van der Waals surface area contributed by atoms with Crippen molar-refractivity contribution in [2.45, 2.75) is 12.1 Å². The van der Waals surface area contributed by atoms with Crippen molar-refractivity contribution in [1.29, 1.82) is 0 Å². The van der Waals surface area contributed by atoms with E-state index < -0.39 is 5.97 Å². The number of hydrogen-bond donors (Lipinski definition) is 2. The van der Waals surface area contributed by atoms with Gasteiger partial charge in [0.15, 0.2) is 5.16 Å². The monoisotopic (exact) mass is 226 g/mol. The van der Waals surface area contributed by atoms with Gasteiger partial charge in [-0.15, -0.1) is 0 Å². The lowest BCUT2D eigenvalue weighted by molar-refractivity contribution is -0.131. The molecule has 0 radical (unpaired) electrons. The molecule has 1 heterocycles. The Morgan fingerprint density at radius 1 is 1.73 bits per heavy atom. The molecule has 0 amide bonds. The van der Waals surface area contributed by atoms with Crippen LogP contribution < -0.4 is 5.56 Å². The van der Waals surface area contributed by atoms with Crippen LogP contribution in [0.15, 0.2) is 28.2 Å². The summed E-state index contributed by atoms with van der Waals surface area (Å²) in [5.41, 5.74) is 0.440. The van der Waals surface area contributed by atoms with E-state index in [0.29, 0.717) is 16.6 Å². The Kier molecular flexibility index (Phi) is 4.11. The molecule has 0 saturated heterocycles. The lowest BCUT2D eigenvalue weighted by Crippen LogP contribution is -2.08. The number of nitrogens with zero attached hydrogens (tertiary/aromatic N) is 1. The van der Waals surface area contributed by atoms with E-state index in [2.05, 4.69) is 9.97 Å². The van der Waals surface area contributed by atoms with Gasteiger partial charge in [0.1, 0.15) is 0 Å². The van der Waals surface area contributed by atoms with Crippen LogP contribution in [-0.4, -0.2) is 26.8 Å². The smallest absolute Gasteiger partial charge is 0.328 e. The minimum Gasteiger partial charge on any atom is -0.478 e. The molecule has 0 bridgehead atoms. The molecule has 2 N–H and O–H groups in total. The number of aromatic amines is 1. The van der Waals surface area contributed by atoms with Gasteiger partial charge < -0.3 is 10.1 Å². The van der Waals surface area contributed by atoms with Crippen LogP contribution in [0.4, 0.5) is 0 Å². The highest BCUT2D eigenvalue weighted by atomic mass is 32.2. The summed E-state index contributed by atoms with van der Waals surface area (Å²) in [6.45, 7) is 1.73. The van der Waals surface area contributed by atoms with Crippen molar-refractivity contribution in [3.05, 3.63) is 34.3 Å². The molecule has 0 aliphatic heterocycles. The van der Waals surface area contributed by atoms with Crippen LogP contribution in [0.5, 0.6) is 0 Å². The summed E-state index contributed by atoms with van der Waals surface area (Å²) < 4.78 is 0. The summed E-state index contributed by atoms with van der Waals surface area (Å²) in [7, 11) is 0. The zero-order valence-corrected chi connectivity index (χ0v) is 8.87. The zero-order chi connectivity index (χ0) is 11.3. The average molecular weight is 226 g/mol. The van der Waals surface area contributed by atoms with Crippen molar-refractivity contribution in [2.75, 3.05) is 5.75 Å².